The molecule has 0 aliphatic rings. The van der Waals surface area contributed by atoms with Gasteiger partial charge in [0.05, 0.1) is 12.6 Å². The molecule has 0 saturated heterocycles. The number of rotatable bonds is 11. The van der Waals surface area contributed by atoms with Gasteiger partial charge in [0.2, 0.25) is 0 Å². The predicted octanol–water partition coefficient (Wildman–Crippen LogP) is -0.00360. The third-order valence-corrected chi connectivity index (χ3v) is 3.36. The van der Waals surface area contributed by atoms with Crippen LogP contribution in [0, 0.1) is 0 Å². The molecule has 0 heterocycles. The lowest BCUT2D eigenvalue weighted by atomic mass is 10.2. The van der Waals surface area contributed by atoms with Crippen molar-refractivity contribution in [3.63, 3.8) is 0 Å². The Morgan fingerprint density at radius 3 is 1.28 bits per heavy atom. The number of nitrogens with one attached hydrogen (secondary N) is 2. The predicted molar refractivity (Wildman–Crippen MR) is 68.3 cm³/mol. The molecule has 18 heavy (non-hydrogen) atoms. The molecule has 0 atom stereocenters. The van der Waals surface area contributed by atoms with Gasteiger partial charge in [0.25, 0.3) is 0 Å². The third kappa shape index (κ3) is 16.2. The highest BCUT2D eigenvalue weighted by molar-refractivity contribution is 7.51. The monoisotopic (exact) mass is 304 g/mol. The summed E-state index contributed by atoms with van der Waals surface area (Å²) in [4.78, 5) is 34.2. The Balaban J connectivity index is 3.17. The van der Waals surface area contributed by atoms with Gasteiger partial charge in [-0.15, -0.1) is 0 Å². The molecule has 0 aromatic heterocycles. The fourth-order valence-corrected chi connectivity index (χ4v) is 2.20. The van der Waals surface area contributed by atoms with Crippen LogP contribution in [0.3, 0.4) is 0 Å². The van der Waals surface area contributed by atoms with Crippen LogP contribution in [0.15, 0.2) is 0 Å². The van der Waals surface area contributed by atoms with E-state index in [-0.39, 0.29) is 12.6 Å². The molecular weight excluding hydrogens is 282 g/mol. The lowest BCUT2D eigenvalue weighted by Gasteiger charge is -2.07. The van der Waals surface area contributed by atoms with E-state index in [1.165, 1.54) is 0 Å². The fraction of sp³-hybridized carbons (Fsp3) is 1.00. The molecule has 0 unspecified atom stereocenters. The van der Waals surface area contributed by atoms with Crippen LogP contribution in [-0.4, -0.2) is 45.2 Å². The van der Waals surface area contributed by atoms with Gasteiger partial charge in [0.15, 0.2) is 0 Å². The van der Waals surface area contributed by atoms with E-state index < -0.39 is 15.2 Å². The largest absolute Gasteiger partial charge is 0.339 e. The van der Waals surface area contributed by atoms with Crippen molar-refractivity contribution in [3.8, 4) is 0 Å². The quantitative estimate of drug-likeness (QED) is 0.231. The van der Waals surface area contributed by atoms with E-state index >= 15 is 0 Å². The molecule has 0 bridgehead atoms. The van der Waals surface area contributed by atoms with Gasteiger partial charge in [-0.25, -0.2) is 0 Å². The first-order valence-electron chi connectivity index (χ1n) is 5.71. The maximum Gasteiger partial charge on any atom is 0.339 e. The van der Waals surface area contributed by atoms with Crippen molar-refractivity contribution >= 4 is 15.2 Å². The van der Waals surface area contributed by atoms with E-state index in [0.717, 1.165) is 25.7 Å². The second-order valence-corrected chi connectivity index (χ2v) is 7.35. The van der Waals surface area contributed by atoms with Crippen molar-refractivity contribution in [1.29, 1.82) is 0 Å². The fourth-order valence-electron chi connectivity index (χ4n) is 1.30. The molecule has 6 N–H and O–H groups in total. The van der Waals surface area contributed by atoms with Crippen molar-refractivity contribution in [1.82, 2.24) is 10.6 Å². The maximum atomic E-state index is 10.5. The van der Waals surface area contributed by atoms with Crippen LogP contribution in [0.1, 0.15) is 25.7 Å². The smallest absolute Gasteiger partial charge is 0.324 e. The zero-order valence-corrected chi connectivity index (χ0v) is 11.9. The zero-order valence-electron chi connectivity index (χ0n) is 10.2. The van der Waals surface area contributed by atoms with Crippen LogP contribution in [0.4, 0.5) is 0 Å². The summed E-state index contributed by atoms with van der Waals surface area (Å²) in [6.07, 6.45) is 2.86. The van der Waals surface area contributed by atoms with E-state index in [1.54, 1.807) is 0 Å². The van der Waals surface area contributed by atoms with Crippen molar-refractivity contribution in [3.05, 3.63) is 0 Å². The highest BCUT2D eigenvalue weighted by Crippen LogP contribution is 2.32. The zero-order chi connectivity index (χ0) is 14.1. The normalized spacial score (nSPS) is 12.9. The minimum absolute atomic E-state index is 0.295. The second-order valence-electron chi connectivity index (χ2n) is 4.06. The van der Waals surface area contributed by atoms with E-state index in [4.69, 9.17) is 19.6 Å². The first kappa shape index (κ1) is 18.2. The van der Waals surface area contributed by atoms with Crippen LogP contribution < -0.4 is 10.6 Å². The van der Waals surface area contributed by atoms with Crippen LogP contribution in [0.2, 0.25) is 0 Å². The van der Waals surface area contributed by atoms with Gasteiger partial charge in [-0.3, -0.25) is 9.13 Å². The van der Waals surface area contributed by atoms with Crippen molar-refractivity contribution in [2.45, 2.75) is 25.7 Å². The molecule has 0 saturated carbocycles. The molecule has 0 aliphatic carbocycles. The summed E-state index contributed by atoms with van der Waals surface area (Å²) in [6.45, 7) is 1.11. The summed E-state index contributed by atoms with van der Waals surface area (Å²) in [5.41, 5.74) is 0. The standard InChI is InChI=1S/C8H22N2O6P2/c11-17(12,13)7-9-5-3-1-2-4-6-10-8-18(14,15)16/h9-10H,1-8H2,(H2,11,12,13)(H2,14,15,16). The molecule has 0 amide bonds. The summed E-state index contributed by atoms with van der Waals surface area (Å²) in [5.74, 6) is 0. The van der Waals surface area contributed by atoms with Gasteiger partial charge in [-0.2, -0.15) is 0 Å². The lowest BCUT2D eigenvalue weighted by molar-refractivity contribution is 0.364. The summed E-state index contributed by atoms with van der Waals surface area (Å²) in [5, 5.41) is 5.33. The van der Waals surface area contributed by atoms with E-state index in [1.807, 2.05) is 0 Å². The molecule has 0 aromatic carbocycles. The minimum Gasteiger partial charge on any atom is -0.324 e. The van der Waals surface area contributed by atoms with Crippen LogP contribution in [-0.2, 0) is 9.13 Å². The number of hydrogen-bond donors (Lipinski definition) is 6. The summed E-state index contributed by atoms with van der Waals surface area (Å²) in [6, 6.07) is 0. The Morgan fingerprint density at radius 1 is 0.667 bits per heavy atom. The first-order valence-corrected chi connectivity index (χ1v) is 9.31. The molecule has 0 fully saturated rings. The minimum atomic E-state index is -3.95. The summed E-state index contributed by atoms with van der Waals surface area (Å²) >= 11 is 0. The Hall–Kier alpha value is 0.220. The van der Waals surface area contributed by atoms with Crippen molar-refractivity contribution in [2.24, 2.45) is 0 Å². The lowest BCUT2D eigenvalue weighted by Crippen LogP contribution is -2.18. The summed E-state index contributed by atoms with van der Waals surface area (Å²) in [7, 11) is -7.89. The van der Waals surface area contributed by atoms with Crippen LogP contribution in [0.5, 0.6) is 0 Å². The Labute approximate surface area is 106 Å². The van der Waals surface area contributed by atoms with Gasteiger partial charge >= 0.3 is 15.2 Å². The van der Waals surface area contributed by atoms with Gasteiger partial charge in [0.1, 0.15) is 0 Å². The van der Waals surface area contributed by atoms with E-state index in [0.29, 0.717) is 13.1 Å². The third-order valence-electron chi connectivity index (χ3n) is 2.09. The molecule has 0 radical (unpaired) electrons. The average Bonchev–Trinajstić information content (AvgIpc) is 2.17. The van der Waals surface area contributed by atoms with Crippen molar-refractivity contribution < 1.29 is 28.7 Å². The molecule has 0 aliphatic heterocycles. The highest BCUT2D eigenvalue weighted by Gasteiger charge is 2.11. The summed E-state index contributed by atoms with van der Waals surface area (Å²) < 4.78 is 21.0. The van der Waals surface area contributed by atoms with Gasteiger partial charge in [-0.05, 0) is 25.9 Å². The molecule has 0 aromatic rings. The molecule has 10 heteroatoms. The number of hydrogen-bond acceptors (Lipinski definition) is 4. The Kier molecular flexibility index (Phi) is 9.29. The highest BCUT2D eigenvalue weighted by atomic mass is 31.2. The SMILES string of the molecule is O=P(O)(O)CNCCCCCCNCP(=O)(O)O. The molecular formula is C8H22N2O6P2. The molecule has 0 rings (SSSR count). The topological polar surface area (TPSA) is 139 Å². The number of unbranched alkanes of at least 4 members (excludes halogenated alkanes) is 3. The maximum absolute atomic E-state index is 10.5. The van der Waals surface area contributed by atoms with E-state index in [9.17, 15) is 9.13 Å². The van der Waals surface area contributed by atoms with E-state index in [2.05, 4.69) is 10.6 Å². The van der Waals surface area contributed by atoms with Crippen LogP contribution >= 0.6 is 15.2 Å². The second kappa shape index (κ2) is 9.18. The molecule has 110 valence electrons. The first-order chi connectivity index (χ1) is 8.21. The Bertz CT molecular complexity index is 272. The molecule has 8 nitrogen and oxygen atoms in total. The van der Waals surface area contributed by atoms with Crippen LogP contribution in [0.25, 0.3) is 0 Å². The molecule has 0 spiro atoms. The van der Waals surface area contributed by atoms with Gasteiger partial charge in [-0.1, -0.05) is 12.8 Å². The van der Waals surface area contributed by atoms with Gasteiger partial charge in [0, 0.05) is 0 Å². The van der Waals surface area contributed by atoms with Gasteiger partial charge < -0.3 is 30.2 Å². The Morgan fingerprint density at radius 2 is 1.00 bits per heavy atom. The van der Waals surface area contributed by atoms with Crippen molar-refractivity contribution in [2.75, 3.05) is 25.7 Å². The average molecular weight is 304 g/mol.